The minimum Gasteiger partial charge on any atom is -0.352 e. The highest BCUT2D eigenvalue weighted by Crippen LogP contribution is 2.46. The molecular weight excluding hydrogens is 501 g/mol. The third kappa shape index (κ3) is 5.78. The van der Waals surface area contributed by atoms with Crippen LogP contribution in [-0.2, 0) is 30.1 Å². The molecule has 2 N–H and O–H groups in total. The summed E-state index contributed by atoms with van der Waals surface area (Å²) < 4.78 is 92.7. The molecule has 202 valence electrons. The fourth-order valence-corrected chi connectivity index (χ4v) is 5.73. The van der Waals surface area contributed by atoms with Crippen molar-refractivity contribution in [2.24, 2.45) is 11.3 Å². The second-order valence-corrected chi connectivity index (χ2v) is 10.4. The summed E-state index contributed by atoms with van der Waals surface area (Å²) in [6, 6.07) is 6.12. The number of rotatable bonds is 6. The van der Waals surface area contributed by atoms with Crippen molar-refractivity contribution in [1.82, 2.24) is 10.6 Å². The Balaban J connectivity index is 1.46. The molecule has 3 atom stereocenters. The second kappa shape index (κ2) is 9.93. The highest BCUT2D eigenvalue weighted by molar-refractivity contribution is 5.83. The Labute approximate surface area is 210 Å². The normalized spacial score (nSPS) is 23.9. The quantitative estimate of drug-likeness (QED) is 0.397. The molecule has 0 heterocycles. The molecule has 0 aliphatic heterocycles. The van der Waals surface area contributed by atoms with E-state index in [1.54, 1.807) is 6.07 Å². The van der Waals surface area contributed by atoms with Crippen molar-refractivity contribution in [2.75, 3.05) is 0 Å². The van der Waals surface area contributed by atoms with Gasteiger partial charge in [-0.15, -0.1) is 0 Å². The average Bonchev–Trinajstić information content (AvgIpc) is 3.41. The van der Waals surface area contributed by atoms with Crippen molar-refractivity contribution < 1.29 is 35.5 Å². The standard InChI is InChI=1S/C27H29F7N2O/c1-15(2)25(8-7-21(13-25)36-23-6-3-17-11-20(28)4-5-22(17)23)24(37)35-14-16-9-18(26(29,30)31)12-19(10-16)27(32,33)34/h4-5,9-12,15,21,23,36H,3,6-8,13-14H2,1-2H3,(H,35,37)/t21-,23?,25+/m1/s1. The zero-order valence-electron chi connectivity index (χ0n) is 20.5. The van der Waals surface area contributed by atoms with Crippen LogP contribution in [-0.4, -0.2) is 11.9 Å². The number of carbonyl (C=O) groups excluding carboxylic acids is 1. The fourth-order valence-electron chi connectivity index (χ4n) is 5.73. The number of hydrogen-bond donors (Lipinski definition) is 2. The molecule has 1 unspecified atom stereocenters. The molecule has 4 rings (SSSR count). The van der Waals surface area contributed by atoms with Gasteiger partial charge in [0.2, 0.25) is 5.91 Å². The van der Waals surface area contributed by atoms with E-state index in [0.717, 1.165) is 24.0 Å². The summed E-state index contributed by atoms with van der Waals surface area (Å²) in [5.41, 5.74) is -1.90. The lowest BCUT2D eigenvalue weighted by atomic mass is 9.74. The van der Waals surface area contributed by atoms with Gasteiger partial charge in [-0.25, -0.2) is 4.39 Å². The summed E-state index contributed by atoms with van der Waals surface area (Å²) in [6.45, 7) is 3.34. The molecule has 0 aromatic heterocycles. The van der Waals surface area contributed by atoms with Crippen LogP contribution in [0.25, 0.3) is 0 Å². The van der Waals surface area contributed by atoms with Gasteiger partial charge in [0.25, 0.3) is 0 Å². The third-order valence-corrected chi connectivity index (χ3v) is 7.83. The molecule has 0 spiro atoms. The van der Waals surface area contributed by atoms with Gasteiger partial charge in [-0.05, 0) is 85.0 Å². The van der Waals surface area contributed by atoms with Crippen molar-refractivity contribution in [3.63, 3.8) is 0 Å². The minimum absolute atomic E-state index is 0.000424. The molecule has 1 fully saturated rings. The van der Waals surface area contributed by atoms with Gasteiger partial charge in [-0.1, -0.05) is 19.9 Å². The molecular formula is C27H29F7N2O. The van der Waals surface area contributed by atoms with Crippen LogP contribution in [0.15, 0.2) is 36.4 Å². The predicted octanol–water partition coefficient (Wildman–Crippen LogP) is 6.95. The van der Waals surface area contributed by atoms with Crippen LogP contribution in [0.1, 0.15) is 73.4 Å². The molecule has 0 radical (unpaired) electrons. The van der Waals surface area contributed by atoms with E-state index in [9.17, 15) is 35.5 Å². The summed E-state index contributed by atoms with van der Waals surface area (Å²) in [5, 5.41) is 6.20. The van der Waals surface area contributed by atoms with Crippen LogP contribution in [0.5, 0.6) is 0 Å². The fraction of sp³-hybridized carbons (Fsp3) is 0.519. The van der Waals surface area contributed by atoms with Crippen molar-refractivity contribution >= 4 is 5.91 Å². The predicted molar refractivity (Wildman–Crippen MR) is 124 cm³/mol. The topological polar surface area (TPSA) is 41.1 Å². The van der Waals surface area contributed by atoms with Crippen LogP contribution in [0, 0.1) is 17.2 Å². The Morgan fingerprint density at radius 1 is 1.00 bits per heavy atom. The lowest BCUT2D eigenvalue weighted by Crippen LogP contribution is -2.44. The van der Waals surface area contributed by atoms with E-state index >= 15 is 0 Å². The van der Waals surface area contributed by atoms with Crippen molar-refractivity contribution in [1.29, 1.82) is 0 Å². The van der Waals surface area contributed by atoms with Crippen LogP contribution in [0.3, 0.4) is 0 Å². The molecule has 3 nitrogen and oxygen atoms in total. The van der Waals surface area contributed by atoms with E-state index in [2.05, 4.69) is 10.6 Å². The zero-order chi connectivity index (χ0) is 27.2. The lowest BCUT2D eigenvalue weighted by Gasteiger charge is -2.33. The molecule has 2 aromatic rings. The van der Waals surface area contributed by atoms with E-state index in [0.29, 0.717) is 31.4 Å². The third-order valence-electron chi connectivity index (χ3n) is 7.83. The van der Waals surface area contributed by atoms with Crippen molar-refractivity contribution in [2.45, 2.75) is 76.9 Å². The number of halogens is 7. The van der Waals surface area contributed by atoms with Gasteiger partial charge >= 0.3 is 12.4 Å². The molecule has 0 bridgehead atoms. The SMILES string of the molecule is CC(C)[C@]1(C(=O)NCc2cc(C(F)(F)F)cc(C(F)(F)F)c2)CC[C@@H](NC2CCc3cc(F)ccc32)C1. The number of aryl methyl sites for hydroxylation is 1. The molecule has 1 saturated carbocycles. The number of amides is 1. The molecule has 2 aromatic carbocycles. The number of fused-ring (bicyclic) bond motifs is 1. The molecule has 10 heteroatoms. The molecule has 37 heavy (non-hydrogen) atoms. The Morgan fingerprint density at radius 3 is 2.24 bits per heavy atom. The van der Waals surface area contributed by atoms with Crippen LogP contribution in [0.2, 0.25) is 0 Å². The lowest BCUT2D eigenvalue weighted by molar-refractivity contribution is -0.143. The zero-order valence-corrected chi connectivity index (χ0v) is 20.5. The minimum atomic E-state index is -4.95. The van der Waals surface area contributed by atoms with Gasteiger partial charge in [0.1, 0.15) is 5.82 Å². The highest BCUT2D eigenvalue weighted by atomic mass is 19.4. The Bertz CT molecular complexity index is 1130. The van der Waals surface area contributed by atoms with Crippen molar-refractivity contribution in [3.8, 4) is 0 Å². The van der Waals surface area contributed by atoms with Gasteiger partial charge in [-0.2, -0.15) is 26.3 Å². The second-order valence-electron chi connectivity index (χ2n) is 10.4. The maximum Gasteiger partial charge on any atom is 0.416 e. The molecule has 0 saturated heterocycles. The summed E-state index contributed by atoms with van der Waals surface area (Å²) in [6.07, 6.45) is -6.62. The number of benzene rings is 2. The van der Waals surface area contributed by atoms with Crippen LogP contribution >= 0.6 is 0 Å². The maximum atomic E-state index is 13.6. The van der Waals surface area contributed by atoms with Crippen LogP contribution < -0.4 is 10.6 Å². The first kappa shape index (κ1) is 27.4. The monoisotopic (exact) mass is 530 g/mol. The first-order valence-electron chi connectivity index (χ1n) is 12.3. The number of alkyl halides is 6. The summed E-state index contributed by atoms with van der Waals surface area (Å²) in [7, 11) is 0. The van der Waals surface area contributed by atoms with E-state index in [1.807, 2.05) is 13.8 Å². The van der Waals surface area contributed by atoms with Gasteiger partial charge < -0.3 is 10.6 Å². The van der Waals surface area contributed by atoms with Crippen molar-refractivity contribution in [3.05, 3.63) is 70.0 Å². The Kier molecular flexibility index (Phi) is 7.35. The Morgan fingerprint density at radius 2 is 1.65 bits per heavy atom. The first-order chi connectivity index (χ1) is 17.2. The van der Waals surface area contributed by atoms with Gasteiger partial charge in [0.15, 0.2) is 0 Å². The summed E-state index contributed by atoms with van der Waals surface area (Å²) in [4.78, 5) is 13.3. The van der Waals surface area contributed by atoms with E-state index in [4.69, 9.17) is 0 Å². The smallest absolute Gasteiger partial charge is 0.352 e. The van der Waals surface area contributed by atoms with Gasteiger partial charge in [-0.3, -0.25) is 4.79 Å². The van der Waals surface area contributed by atoms with Gasteiger partial charge in [0, 0.05) is 18.6 Å². The molecule has 2 aliphatic carbocycles. The number of hydrogen-bond acceptors (Lipinski definition) is 2. The van der Waals surface area contributed by atoms with E-state index in [1.165, 1.54) is 12.1 Å². The number of carbonyl (C=O) groups is 1. The first-order valence-corrected chi connectivity index (χ1v) is 12.3. The van der Waals surface area contributed by atoms with E-state index < -0.39 is 35.4 Å². The highest BCUT2D eigenvalue weighted by Gasteiger charge is 2.48. The number of nitrogens with one attached hydrogen (secondary N) is 2. The maximum absolute atomic E-state index is 13.6. The molecule has 1 amide bonds. The van der Waals surface area contributed by atoms with Gasteiger partial charge in [0.05, 0.1) is 16.5 Å². The van der Waals surface area contributed by atoms with Crippen LogP contribution in [0.4, 0.5) is 30.7 Å². The molecule has 2 aliphatic rings. The Hall–Kier alpha value is -2.62. The summed E-state index contributed by atoms with van der Waals surface area (Å²) >= 11 is 0. The summed E-state index contributed by atoms with van der Waals surface area (Å²) in [5.74, 6) is -0.762. The average molecular weight is 531 g/mol. The van der Waals surface area contributed by atoms with E-state index in [-0.39, 0.29) is 41.4 Å². The largest absolute Gasteiger partial charge is 0.416 e.